The summed E-state index contributed by atoms with van der Waals surface area (Å²) < 4.78 is 14.9. The lowest BCUT2D eigenvalue weighted by atomic mass is 10.3. The van der Waals surface area contributed by atoms with Gasteiger partial charge in [0.1, 0.15) is 5.82 Å². The number of carbonyl (C=O) groups excluding carboxylic acids is 1. The largest absolute Gasteiger partial charge is 0.357 e. The van der Waals surface area contributed by atoms with Crippen molar-refractivity contribution in [3.8, 4) is 5.69 Å². The fourth-order valence-electron chi connectivity index (χ4n) is 1.41. The minimum Gasteiger partial charge on any atom is -0.357 e. The van der Waals surface area contributed by atoms with Gasteiger partial charge < -0.3 is 5.32 Å². The Balaban J connectivity index is 2.67. The summed E-state index contributed by atoms with van der Waals surface area (Å²) in [5.41, 5.74) is 0.235. The van der Waals surface area contributed by atoms with E-state index in [0.717, 1.165) is 0 Å². The fourth-order valence-corrected chi connectivity index (χ4v) is 1.41. The molecule has 0 saturated heterocycles. The summed E-state index contributed by atoms with van der Waals surface area (Å²) in [4.78, 5) is 10.8. The van der Waals surface area contributed by atoms with Crippen molar-refractivity contribution in [2.24, 2.45) is 0 Å². The second kappa shape index (κ2) is 4.09. The lowest BCUT2D eigenvalue weighted by Crippen LogP contribution is -2.06. The average Bonchev–Trinajstić information content (AvgIpc) is 2.72. The van der Waals surface area contributed by atoms with E-state index in [4.69, 9.17) is 0 Å². The molecule has 1 heterocycles. The number of halogens is 1. The van der Waals surface area contributed by atoms with Gasteiger partial charge in [0, 0.05) is 7.05 Å². The lowest BCUT2D eigenvalue weighted by molar-refractivity contribution is 0.111. The van der Waals surface area contributed by atoms with Crippen molar-refractivity contribution in [2.45, 2.75) is 0 Å². The molecular weight excluding hydrogens is 211 g/mol. The van der Waals surface area contributed by atoms with Gasteiger partial charge in [-0.15, -0.1) is 10.2 Å². The van der Waals surface area contributed by atoms with Crippen LogP contribution in [-0.2, 0) is 0 Å². The van der Waals surface area contributed by atoms with Gasteiger partial charge in [-0.05, 0) is 12.1 Å². The monoisotopic (exact) mass is 220 g/mol. The van der Waals surface area contributed by atoms with E-state index in [1.165, 1.54) is 10.6 Å². The minimum absolute atomic E-state index is 0.0504. The molecule has 0 aliphatic rings. The molecule has 0 aliphatic heterocycles. The molecule has 0 unspecified atom stereocenters. The van der Waals surface area contributed by atoms with Gasteiger partial charge in [-0.2, -0.15) is 0 Å². The summed E-state index contributed by atoms with van der Waals surface area (Å²) in [5.74, 6) is -0.0800. The van der Waals surface area contributed by atoms with Crippen LogP contribution in [-0.4, -0.2) is 28.1 Å². The number of benzene rings is 1. The molecule has 0 saturated carbocycles. The predicted molar refractivity (Wildman–Crippen MR) is 56.3 cm³/mol. The Morgan fingerprint density at radius 1 is 1.38 bits per heavy atom. The lowest BCUT2D eigenvalue weighted by Gasteiger charge is -2.07. The zero-order valence-corrected chi connectivity index (χ0v) is 8.51. The van der Waals surface area contributed by atoms with Gasteiger partial charge in [0.2, 0.25) is 11.8 Å². The van der Waals surface area contributed by atoms with Gasteiger partial charge >= 0.3 is 0 Å². The van der Waals surface area contributed by atoms with Crippen molar-refractivity contribution in [1.82, 2.24) is 14.8 Å². The highest BCUT2D eigenvalue weighted by atomic mass is 19.1. The van der Waals surface area contributed by atoms with Crippen LogP contribution in [0.3, 0.4) is 0 Å². The first-order chi connectivity index (χ1) is 7.77. The Morgan fingerprint density at radius 2 is 2.12 bits per heavy atom. The van der Waals surface area contributed by atoms with Crippen molar-refractivity contribution in [2.75, 3.05) is 12.4 Å². The van der Waals surface area contributed by atoms with Crippen LogP contribution >= 0.6 is 0 Å². The maximum Gasteiger partial charge on any atom is 0.229 e. The fraction of sp³-hybridized carbons (Fsp3) is 0.100. The van der Waals surface area contributed by atoms with E-state index < -0.39 is 5.82 Å². The third kappa shape index (κ3) is 1.54. The molecule has 2 rings (SSSR count). The van der Waals surface area contributed by atoms with Crippen LogP contribution < -0.4 is 5.32 Å². The molecule has 0 radical (unpaired) electrons. The molecule has 0 amide bonds. The van der Waals surface area contributed by atoms with Crippen molar-refractivity contribution in [3.63, 3.8) is 0 Å². The number of anilines is 1. The van der Waals surface area contributed by atoms with Crippen molar-refractivity contribution in [1.29, 1.82) is 0 Å². The number of carbonyl (C=O) groups is 1. The maximum atomic E-state index is 13.6. The second-order valence-electron chi connectivity index (χ2n) is 3.04. The molecular formula is C10H9FN4O. The molecule has 1 N–H and O–H groups in total. The number of hydrogen-bond acceptors (Lipinski definition) is 4. The Bertz CT molecular complexity index is 523. The zero-order chi connectivity index (χ0) is 11.5. The molecule has 6 heteroatoms. The topological polar surface area (TPSA) is 59.8 Å². The smallest absolute Gasteiger partial charge is 0.229 e. The second-order valence-corrected chi connectivity index (χ2v) is 3.04. The normalized spacial score (nSPS) is 10.1. The summed E-state index contributed by atoms with van der Waals surface area (Å²) in [6.07, 6.45) is 0.528. The molecule has 0 aliphatic carbocycles. The van der Waals surface area contributed by atoms with Gasteiger partial charge in [0.15, 0.2) is 6.29 Å². The van der Waals surface area contributed by atoms with Crippen LogP contribution in [0.15, 0.2) is 24.3 Å². The van der Waals surface area contributed by atoms with Crippen LogP contribution in [0.5, 0.6) is 0 Å². The van der Waals surface area contributed by atoms with Crippen LogP contribution in [0.25, 0.3) is 5.69 Å². The van der Waals surface area contributed by atoms with E-state index in [0.29, 0.717) is 12.2 Å². The predicted octanol–water partition coefficient (Wildman–Crippen LogP) is 1.26. The van der Waals surface area contributed by atoms with Crippen LogP contribution in [0.1, 0.15) is 10.6 Å². The number of rotatable bonds is 3. The zero-order valence-electron chi connectivity index (χ0n) is 8.51. The highest BCUT2D eigenvalue weighted by Crippen LogP contribution is 2.18. The first kappa shape index (κ1) is 10.3. The third-order valence-corrected chi connectivity index (χ3v) is 2.11. The van der Waals surface area contributed by atoms with Gasteiger partial charge in [-0.25, -0.2) is 4.39 Å². The van der Waals surface area contributed by atoms with E-state index in [1.54, 1.807) is 25.2 Å². The van der Waals surface area contributed by atoms with Gasteiger partial charge in [-0.1, -0.05) is 12.1 Å². The molecule has 0 fully saturated rings. The van der Waals surface area contributed by atoms with Gasteiger partial charge in [0.25, 0.3) is 0 Å². The van der Waals surface area contributed by atoms with Gasteiger partial charge in [-0.3, -0.25) is 9.36 Å². The van der Waals surface area contributed by atoms with Crippen LogP contribution in [0.4, 0.5) is 10.3 Å². The van der Waals surface area contributed by atoms with Gasteiger partial charge in [0.05, 0.1) is 5.69 Å². The minimum atomic E-state index is -0.443. The summed E-state index contributed by atoms with van der Waals surface area (Å²) in [6, 6.07) is 6.10. The summed E-state index contributed by atoms with van der Waals surface area (Å²) >= 11 is 0. The number of para-hydroxylation sites is 1. The Labute approximate surface area is 90.9 Å². The SMILES string of the molecule is CNc1nnc(C=O)n1-c1ccccc1F. The number of hydrogen-bond donors (Lipinski definition) is 1. The molecule has 16 heavy (non-hydrogen) atoms. The van der Waals surface area contributed by atoms with Crippen LogP contribution in [0.2, 0.25) is 0 Å². The molecule has 0 bridgehead atoms. The Kier molecular flexibility index (Phi) is 2.63. The van der Waals surface area contributed by atoms with E-state index in [1.807, 2.05) is 0 Å². The Morgan fingerprint density at radius 3 is 2.75 bits per heavy atom. The first-order valence-electron chi connectivity index (χ1n) is 4.61. The number of aromatic nitrogens is 3. The van der Waals surface area contributed by atoms with E-state index in [9.17, 15) is 9.18 Å². The standard InChI is InChI=1S/C10H9FN4O/c1-12-10-14-13-9(6-16)15(10)8-5-3-2-4-7(8)11/h2-6H,1H3,(H,12,14). The van der Waals surface area contributed by atoms with Crippen molar-refractivity contribution >= 4 is 12.2 Å². The molecule has 82 valence electrons. The summed E-state index contributed by atoms with van der Waals surface area (Å²) in [6.45, 7) is 0. The highest BCUT2D eigenvalue weighted by molar-refractivity contribution is 5.72. The van der Waals surface area contributed by atoms with Crippen molar-refractivity contribution in [3.05, 3.63) is 35.9 Å². The summed E-state index contributed by atoms with van der Waals surface area (Å²) in [5, 5.41) is 10.1. The van der Waals surface area contributed by atoms with Crippen molar-refractivity contribution < 1.29 is 9.18 Å². The van der Waals surface area contributed by atoms with Crippen LogP contribution in [0, 0.1) is 5.82 Å². The third-order valence-electron chi connectivity index (χ3n) is 2.11. The molecule has 1 aromatic heterocycles. The highest BCUT2D eigenvalue weighted by Gasteiger charge is 2.14. The quantitative estimate of drug-likeness (QED) is 0.791. The number of nitrogens with one attached hydrogen (secondary N) is 1. The molecule has 5 nitrogen and oxygen atoms in total. The maximum absolute atomic E-state index is 13.6. The number of aldehydes is 1. The molecule has 0 atom stereocenters. The van der Waals surface area contributed by atoms with E-state index in [-0.39, 0.29) is 11.5 Å². The Hall–Kier alpha value is -2.24. The first-order valence-corrected chi connectivity index (χ1v) is 4.61. The molecule has 0 spiro atoms. The molecule has 1 aromatic carbocycles. The average molecular weight is 220 g/mol. The summed E-state index contributed by atoms with van der Waals surface area (Å²) in [7, 11) is 1.62. The number of nitrogens with zero attached hydrogens (tertiary/aromatic N) is 3. The van der Waals surface area contributed by atoms with E-state index in [2.05, 4.69) is 15.5 Å². The molecule has 2 aromatic rings. The van der Waals surface area contributed by atoms with E-state index >= 15 is 0 Å².